The Morgan fingerprint density at radius 1 is 0.800 bits per heavy atom. The van der Waals surface area contributed by atoms with Crippen molar-refractivity contribution in [2.75, 3.05) is 13.7 Å². The fourth-order valence-corrected chi connectivity index (χ4v) is 3.00. The molecule has 0 spiro atoms. The van der Waals surface area contributed by atoms with E-state index in [1.54, 1.807) is 48.5 Å². The lowest BCUT2D eigenvalue weighted by atomic mass is 9.78. The molecule has 4 atom stereocenters. The van der Waals surface area contributed by atoms with Crippen LogP contribution in [0, 0.1) is 0 Å². The Hall–Kier alpha value is -1.80. The average Bonchev–Trinajstić information content (AvgIpc) is 2.68. The van der Waals surface area contributed by atoms with E-state index in [0.717, 1.165) is 0 Å². The number of benzene rings is 2. The maximum absolute atomic E-state index is 10.9. The summed E-state index contributed by atoms with van der Waals surface area (Å²) in [7, 11) is 1.39. The van der Waals surface area contributed by atoms with E-state index < -0.39 is 36.6 Å². The number of hydrogen-bond acceptors (Lipinski definition) is 6. The average molecular weight is 348 g/mol. The molecule has 0 bridgehead atoms. The van der Waals surface area contributed by atoms with E-state index in [4.69, 9.17) is 9.84 Å². The Morgan fingerprint density at radius 3 is 1.60 bits per heavy atom. The molecule has 2 aromatic carbocycles. The molecule has 0 saturated heterocycles. The van der Waals surface area contributed by atoms with Gasteiger partial charge in [0.1, 0.15) is 30.0 Å². The fraction of sp³-hybridized carbons (Fsp3) is 0.368. The van der Waals surface area contributed by atoms with Gasteiger partial charge in [-0.25, -0.2) is 0 Å². The molecule has 2 aromatic rings. The predicted molar refractivity (Wildman–Crippen MR) is 91.8 cm³/mol. The van der Waals surface area contributed by atoms with E-state index in [9.17, 15) is 20.4 Å². The van der Waals surface area contributed by atoms with Crippen LogP contribution >= 0.6 is 0 Å². The zero-order chi connectivity index (χ0) is 18.4. The molecular formula is C19H24O6. The van der Waals surface area contributed by atoms with Crippen LogP contribution in [0.2, 0.25) is 0 Å². The first-order valence-corrected chi connectivity index (χ1v) is 7.98. The molecule has 4 unspecified atom stereocenters. The van der Waals surface area contributed by atoms with Gasteiger partial charge in [-0.05, 0) is 11.1 Å². The summed E-state index contributed by atoms with van der Waals surface area (Å²) in [6.07, 6.45) is -6.71. The van der Waals surface area contributed by atoms with Gasteiger partial charge in [-0.3, -0.25) is 0 Å². The summed E-state index contributed by atoms with van der Waals surface area (Å²) in [6.45, 7) is -0.748. The van der Waals surface area contributed by atoms with Gasteiger partial charge < -0.3 is 30.3 Å². The molecule has 6 nitrogen and oxygen atoms in total. The highest BCUT2D eigenvalue weighted by Crippen LogP contribution is 2.38. The van der Waals surface area contributed by atoms with Crippen molar-refractivity contribution < 1.29 is 30.3 Å². The van der Waals surface area contributed by atoms with E-state index in [1.807, 2.05) is 12.1 Å². The van der Waals surface area contributed by atoms with E-state index in [2.05, 4.69) is 0 Å². The molecule has 0 aliphatic carbocycles. The van der Waals surface area contributed by atoms with Crippen molar-refractivity contribution in [3.8, 4) is 0 Å². The van der Waals surface area contributed by atoms with E-state index in [0.29, 0.717) is 11.1 Å². The van der Waals surface area contributed by atoms with Gasteiger partial charge in [-0.15, -0.1) is 0 Å². The van der Waals surface area contributed by atoms with Crippen molar-refractivity contribution >= 4 is 0 Å². The van der Waals surface area contributed by atoms with E-state index >= 15 is 0 Å². The van der Waals surface area contributed by atoms with Crippen LogP contribution in [0.15, 0.2) is 60.7 Å². The van der Waals surface area contributed by atoms with E-state index in [1.165, 1.54) is 7.11 Å². The zero-order valence-corrected chi connectivity index (χ0v) is 13.9. The third-order valence-corrected chi connectivity index (χ3v) is 4.40. The smallest absolute Gasteiger partial charge is 0.146 e. The maximum atomic E-state index is 10.9. The first-order chi connectivity index (χ1) is 12.0. The standard InChI is InChI=1S/C19H24O6/c1-25-19(13-8-4-2-5-9-13,14-10-6-3-7-11-14)18(24)17(23)16(22)15(21)12-20/h2-11,15-18,20-24H,12H2,1H3. The van der Waals surface area contributed by atoms with Crippen molar-refractivity contribution in [3.05, 3.63) is 71.8 Å². The van der Waals surface area contributed by atoms with Crippen LogP contribution in [0.4, 0.5) is 0 Å². The molecule has 25 heavy (non-hydrogen) atoms. The summed E-state index contributed by atoms with van der Waals surface area (Å²) in [6, 6.07) is 17.6. The van der Waals surface area contributed by atoms with Crippen molar-refractivity contribution in [2.45, 2.75) is 30.0 Å². The summed E-state index contributed by atoms with van der Waals surface area (Å²) in [5, 5.41) is 50.0. The highest BCUT2D eigenvalue weighted by atomic mass is 16.5. The second-order valence-corrected chi connectivity index (χ2v) is 5.85. The highest BCUT2D eigenvalue weighted by molar-refractivity contribution is 5.38. The van der Waals surface area contributed by atoms with Gasteiger partial charge >= 0.3 is 0 Å². The summed E-state index contributed by atoms with van der Waals surface area (Å²) in [4.78, 5) is 0. The minimum atomic E-state index is -1.76. The molecule has 6 heteroatoms. The number of aliphatic hydroxyl groups excluding tert-OH is 5. The monoisotopic (exact) mass is 348 g/mol. The number of hydrogen-bond donors (Lipinski definition) is 5. The molecule has 0 aromatic heterocycles. The van der Waals surface area contributed by atoms with E-state index in [-0.39, 0.29) is 0 Å². The Morgan fingerprint density at radius 2 is 1.24 bits per heavy atom. The summed E-state index contributed by atoms with van der Waals surface area (Å²) in [5.74, 6) is 0. The van der Waals surface area contributed by atoms with Gasteiger partial charge in [0.2, 0.25) is 0 Å². The van der Waals surface area contributed by atoms with Crippen LogP contribution < -0.4 is 0 Å². The Kier molecular flexibility index (Phi) is 6.66. The SMILES string of the molecule is COC(c1ccccc1)(c1ccccc1)C(O)C(O)C(O)C(O)CO. The third-order valence-electron chi connectivity index (χ3n) is 4.40. The van der Waals surface area contributed by atoms with Crippen LogP contribution in [-0.2, 0) is 10.3 Å². The van der Waals surface area contributed by atoms with Crippen LogP contribution in [0.1, 0.15) is 11.1 Å². The van der Waals surface area contributed by atoms with Crippen LogP contribution in [0.5, 0.6) is 0 Å². The minimum Gasteiger partial charge on any atom is -0.394 e. The van der Waals surface area contributed by atoms with Crippen LogP contribution in [0.3, 0.4) is 0 Å². The second kappa shape index (κ2) is 8.53. The largest absolute Gasteiger partial charge is 0.394 e. The zero-order valence-electron chi connectivity index (χ0n) is 13.9. The topological polar surface area (TPSA) is 110 Å². The molecule has 0 radical (unpaired) electrons. The normalized spacial score (nSPS) is 16.9. The summed E-state index contributed by atoms with van der Waals surface area (Å²) in [5.41, 5.74) is -0.333. The highest BCUT2D eigenvalue weighted by Gasteiger charge is 2.48. The quantitative estimate of drug-likeness (QED) is 0.460. The molecule has 5 N–H and O–H groups in total. The molecule has 0 aliphatic heterocycles. The Bertz CT molecular complexity index is 593. The van der Waals surface area contributed by atoms with Gasteiger partial charge in [-0.1, -0.05) is 60.7 Å². The van der Waals surface area contributed by atoms with Gasteiger partial charge in [-0.2, -0.15) is 0 Å². The lowest BCUT2D eigenvalue weighted by Gasteiger charge is -2.41. The predicted octanol–water partition coefficient (Wildman–Crippen LogP) is 0.0125. The number of methoxy groups -OCH3 is 1. The van der Waals surface area contributed by atoms with Crippen molar-refractivity contribution in [1.82, 2.24) is 0 Å². The molecule has 136 valence electrons. The van der Waals surface area contributed by atoms with Gasteiger partial charge in [0, 0.05) is 7.11 Å². The first-order valence-electron chi connectivity index (χ1n) is 7.98. The summed E-state index contributed by atoms with van der Waals surface area (Å²) < 4.78 is 5.69. The van der Waals surface area contributed by atoms with Crippen molar-refractivity contribution in [2.24, 2.45) is 0 Å². The van der Waals surface area contributed by atoms with Crippen LogP contribution in [0.25, 0.3) is 0 Å². The van der Waals surface area contributed by atoms with Crippen molar-refractivity contribution in [3.63, 3.8) is 0 Å². The second-order valence-electron chi connectivity index (χ2n) is 5.85. The molecule has 2 rings (SSSR count). The lowest BCUT2D eigenvalue weighted by molar-refractivity contribution is -0.173. The number of aliphatic hydroxyl groups is 5. The first kappa shape index (κ1) is 19.5. The molecule has 0 aliphatic rings. The summed E-state index contributed by atoms with van der Waals surface area (Å²) >= 11 is 0. The third kappa shape index (κ3) is 3.74. The number of rotatable bonds is 8. The maximum Gasteiger partial charge on any atom is 0.146 e. The lowest BCUT2D eigenvalue weighted by Crippen LogP contribution is -2.55. The molecule has 0 amide bonds. The molecule has 0 saturated carbocycles. The molecular weight excluding hydrogens is 324 g/mol. The van der Waals surface area contributed by atoms with Gasteiger partial charge in [0.15, 0.2) is 0 Å². The number of ether oxygens (including phenoxy) is 1. The molecule has 0 fully saturated rings. The Balaban J connectivity index is 2.55. The fourth-order valence-electron chi connectivity index (χ4n) is 3.00. The molecule has 0 heterocycles. The van der Waals surface area contributed by atoms with Crippen molar-refractivity contribution in [1.29, 1.82) is 0 Å². The van der Waals surface area contributed by atoms with Gasteiger partial charge in [0.05, 0.1) is 6.61 Å². The minimum absolute atomic E-state index is 0.570. The van der Waals surface area contributed by atoms with Crippen LogP contribution in [-0.4, -0.2) is 63.7 Å². The van der Waals surface area contributed by atoms with Gasteiger partial charge in [0.25, 0.3) is 0 Å². The Labute approximate surface area is 146 Å².